The van der Waals surface area contributed by atoms with Crippen molar-refractivity contribution < 1.29 is 28.2 Å². The van der Waals surface area contributed by atoms with Crippen LogP contribution in [0.5, 0.6) is 5.95 Å². The van der Waals surface area contributed by atoms with E-state index >= 15 is 0 Å². The van der Waals surface area contributed by atoms with E-state index in [1.165, 1.54) is 0 Å². The van der Waals surface area contributed by atoms with Gasteiger partial charge in [0.15, 0.2) is 0 Å². The minimum absolute atomic E-state index is 0.142. The molecule has 1 aromatic heterocycles. The molecular formula is C22H28N2O6S. The number of hydrogen-bond donors (Lipinski definition) is 1. The molecule has 0 spiro atoms. The van der Waals surface area contributed by atoms with Gasteiger partial charge < -0.3 is 33.6 Å². The first-order valence-corrected chi connectivity index (χ1v) is 10.5. The van der Waals surface area contributed by atoms with Crippen LogP contribution in [-0.2, 0) is 25.6 Å². The summed E-state index contributed by atoms with van der Waals surface area (Å²) < 4.78 is 26.7. The quantitative estimate of drug-likeness (QED) is 0.384. The SMILES string of the molecule is CC(C)(C)C(=O)OCOc1ccc(COC(=S)Nc2ccc(N3CCOCC3)cc2)o1. The van der Waals surface area contributed by atoms with Crippen LogP contribution in [0.4, 0.5) is 11.4 Å². The van der Waals surface area contributed by atoms with Gasteiger partial charge in [0.2, 0.25) is 6.79 Å². The minimum atomic E-state index is -0.586. The van der Waals surface area contributed by atoms with E-state index in [0.717, 1.165) is 37.7 Å². The van der Waals surface area contributed by atoms with Crippen LogP contribution >= 0.6 is 12.2 Å². The third-order valence-electron chi connectivity index (χ3n) is 4.48. The first-order valence-electron chi connectivity index (χ1n) is 10.1. The number of benzene rings is 1. The predicted octanol–water partition coefficient (Wildman–Crippen LogP) is 3.96. The van der Waals surface area contributed by atoms with Crippen LogP contribution in [0.2, 0.25) is 0 Å². The van der Waals surface area contributed by atoms with Gasteiger partial charge in [0.05, 0.1) is 18.6 Å². The fourth-order valence-electron chi connectivity index (χ4n) is 2.74. The Kier molecular flexibility index (Phi) is 7.75. The van der Waals surface area contributed by atoms with Crippen molar-refractivity contribution in [3.8, 4) is 5.95 Å². The second kappa shape index (κ2) is 10.5. The van der Waals surface area contributed by atoms with E-state index in [9.17, 15) is 4.79 Å². The molecule has 9 heteroatoms. The lowest BCUT2D eigenvalue weighted by Crippen LogP contribution is -2.36. The maximum Gasteiger partial charge on any atom is 0.314 e. The smallest absolute Gasteiger partial charge is 0.314 e. The molecule has 0 saturated carbocycles. The highest BCUT2D eigenvalue weighted by Crippen LogP contribution is 2.21. The van der Waals surface area contributed by atoms with Crippen molar-refractivity contribution in [2.75, 3.05) is 43.3 Å². The van der Waals surface area contributed by atoms with Crippen molar-refractivity contribution in [3.63, 3.8) is 0 Å². The van der Waals surface area contributed by atoms with Gasteiger partial charge in [0.1, 0.15) is 12.4 Å². The highest BCUT2D eigenvalue weighted by atomic mass is 32.1. The second-order valence-corrected chi connectivity index (χ2v) is 8.38. The zero-order chi connectivity index (χ0) is 22.3. The number of esters is 1. The Labute approximate surface area is 187 Å². The molecule has 1 saturated heterocycles. The van der Waals surface area contributed by atoms with Crippen LogP contribution in [-0.4, -0.2) is 44.2 Å². The Morgan fingerprint density at radius 1 is 1.10 bits per heavy atom. The number of thiocarbonyl (C=S) groups is 1. The summed E-state index contributed by atoms with van der Waals surface area (Å²) in [6.45, 7) is 8.52. The van der Waals surface area contributed by atoms with Gasteiger partial charge in [-0.25, -0.2) is 0 Å². The maximum atomic E-state index is 11.7. The highest BCUT2D eigenvalue weighted by Gasteiger charge is 2.23. The number of nitrogens with zero attached hydrogens (tertiary/aromatic N) is 1. The molecule has 8 nitrogen and oxygen atoms in total. The van der Waals surface area contributed by atoms with Crippen molar-refractivity contribution in [1.29, 1.82) is 0 Å². The number of nitrogens with one attached hydrogen (secondary N) is 1. The largest absolute Gasteiger partial charge is 0.463 e. The zero-order valence-electron chi connectivity index (χ0n) is 18.0. The van der Waals surface area contributed by atoms with Gasteiger partial charge >= 0.3 is 5.97 Å². The first-order chi connectivity index (χ1) is 14.8. The Hall–Kier alpha value is -2.78. The van der Waals surface area contributed by atoms with Gasteiger partial charge in [-0.3, -0.25) is 4.79 Å². The van der Waals surface area contributed by atoms with Gasteiger partial charge in [-0.2, -0.15) is 0 Å². The molecule has 0 atom stereocenters. The van der Waals surface area contributed by atoms with E-state index in [4.69, 9.17) is 35.6 Å². The molecule has 31 heavy (non-hydrogen) atoms. The van der Waals surface area contributed by atoms with Crippen LogP contribution in [0.1, 0.15) is 26.5 Å². The third-order valence-corrected chi connectivity index (χ3v) is 4.70. The van der Waals surface area contributed by atoms with Crippen LogP contribution in [0, 0.1) is 5.41 Å². The summed E-state index contributed by atoms with van der Waals surface area (Å²) in [7, 11) is 0. The molecule has 2 aromatic rings. The van der Waals surface area contributed by atoms with Crippen LogP contribution in [0.3, 0.4) is 0 Å². The van der Waals surface area contributed by atoms with E-state index < -0.39 is 5.41 Å². The van der Waals surface area contributed by atoms with Crippen LogP contribution in [0.15, 0.2) is 40.8 Å². The van der Waals surface area contributed by atoms with Gasteiger partial charge in [-0.05, 0) is 63.3 Å². The van der Waals surface area contributed by atoms with Crippen LogP contribution < -0.4 is 15.0 Å². The molecule has 1 N–H and O–H groups in total. The van der Waals surface area contributed by atoms with Crippen molar-refractivity contribution in [3.05, 3.63) is 42.2 Å². The second-order valence-electron chi connectivity index (χ2n) is 8.01. The zero-order valence-corrected chi connectivity index (χ0v) is 18.8. The first kappa shape index (κ1) is 22.9. The molecule has 0 unspecified atom stereocenters. The molecule has 1 aliphatic heterocycles. The number of morpholine rings is 1. The molecule has 0 bridgehead atoms. The Balaban J connectivity index is 1.39. The van der Waals surface area contributed by atoms with Gasteiger partial charge in [0, 0.05) is 30.5 Å². The summed E-state index contributed by atoms with van der Waals surface area (Å²) >= 11 is 5.24. The lowest BCUT2D eigenvalue weighted by Gasteiger charge is -2.28. The number of carbonyl (C=O) groups is 1. The predicted molar refractivity (Wildman–Crippen MR) is 120 cm³/mol. The molecule has 0 amide bonds. The number of rotatable bonds is 7. The van der Waals surface area contributed by atoms with Crippen LogP contribution in [0.25, 0.3) is 0 Å². The number of anilines is 2. The fourth-order valence-corrected chi connectivity index (χ4v) is 2.92. The van der Waals surface area contributed by atoms with Gasteiger partial charge in [-0.15, -0.1) is 0 Å². The normalized spacial score (nSPS) is 14.1. The maximum absolute atomic E-state index is 11.7. The third kappa shape index (κ3) is 7.15. The number of ether oxygens (including phenoxy) is 4. The average molecular weight is 449 g/mol. The number of furan rings is 1. The van der Waals surface area contributed by atoms with Crippen molar-refractivity contribution in [2.45, 2.75) is 27.4 Å². The lowest BCUT2D eigenvalue weighted by molar-refractivity contribution is -0.160. The fraction of sp³-hybridized carbons (Fsp3) is 0.455. The Morgan fingerprint density at radius 3 is 2.48 bits per heavy atom. The summed E-state index contributed by atoms with van der Waals surface area (Å²) in [4.78, 5) is 14.0. The summed E-state index contributed by atoms with van der Waals surface area (Å²) in [6.07, 6.45) is 0. The summed E-state index contributed by atoms with van der Waals surface area (Å²) in [5.74, 6) is 0.416. The lowest BCUT2D eigenvalue weighted by atomic mass is 9.98. The van der Waals surface area contributed by atoms with Gasteiger partial charge in [0.25, 0.3) is 11.1 Å². The minimum Gasteiger partial charge on any atom is -0.463 e. The standard InChI is InChI=1S/C22H28N2O6S/c1-22(2,3)20(25)29-15-28-19-9-8-18(30-19)14-27-21(31)23-16-4-6-17(7-5-16)24-10-12-26-13-11-24/h4-9H,10-15H2,1-3H3,(H,23,31). The number of hydrogen-bond acceptors (Lipinski definition) is 8. The number of carbonyl (C=O) groups excluding carboxylic acids is 1. The molecule has 0 aliphatic carbocycles. The molecule has 0 radical (unpaired) electrons. The average Bonchev–Trinajstić information content (AvgIpc) is 3.20. The molecule has 168 valence electrons. The molecule has 1 aliphatic rings. The van der Waals surface area contributed by atoms with E-state index in [0.29, 0.717) is 5.76 Å². The topological polar surface area (TPSA) is 82.4 Å². The van der Waals surface area contributed by atoms with E-state index in [2.05, 4.69) is 10.2 Å². The van der Waals surface area contributed by atoms with Crippen molar-refractivity contribution in [1.82, 2.24) is 0 Å². The molecule has 1 fully saturated rings. The molecule has 1 aromatic carbocycles. The Morgan fingerprint density at radius 2 is 1.81 bits per heavy atom. The summed E-state index contributed by atoms with van der Waals surface area (Å²) in [5, 5.41) is 3.28. The monoisotopic (exact) mass is 448 g/mol. The van der Waals surface area contributed by atoms with Gasteiger partial charge in [-0.1, -0.05) is 0 Å². The van der Waals surface area contributed by atoms with E-state index in [-0.39, 0.29) is 30.5 Å². The Bertz CT molecular complexity index is 869. The molecule has 2 heterocycles. The molecular weight excluding hydrogens is 420 g/mol. The van der Waals surface area contributed by atoms with Crippen molar-refractivity contribution in [2.24, 2.45) is 5.41 Å². The summed E-state index contributed by atoms with van der Waals surface area (Å²) in [5.41, 5.74) is 1.40. The summed E-state index contributed by atoms with van der Waals surface area (Å²) in [6, 6.07) is 11.3. The van der Waals surface area contributed by atoms with E-state index in [1.54, 1.807) is 32.9 Å². The van der Waals surface area contributed by atoms with E-state index in [1.807, 2.05) is 24.3 Å². The van der Waals surface area contributed by atoms with Crippen molar-refractivity contribution >= 4 is 34.7 Å². The molecule has 3 rings (SSSR count). The highest BCUT2D eigenvalue weighted by molar-refractivity contribution is 7.80.